The summed E-state index contributed by atoms with van der Waals surface area (Å²) in [6.07, 6.45) is 10.1. The Morgan fingerprint density at radius 3 is 2.32 bits per heavy atom. The highest BCUT2D eigenvalue weighted by molar-refractivity contribution is 4.97. The van der Waals surface area contributed by atoms with Gasteiger partial charge in [0, 0.05) is 31.2 Å². The first-order valence-electron chi connectivity index (χ1n) is 8.64. The molecule has 0 spiro atoms. The van der Waals surface area contributed by atoms with Crippen molar-refractivity contribution in [3.63, 3.8) is 0 Å². The Bertz CT molecular complexity index is 319. The van der Waals surface area contributed by atoms with Crippen molar-refractivity contribution >= 4 is 0 Å². The normalized spacial score (nSPS) is 42.0. The summed E-state index contributed by atoms with van der Waals surface area (Å²) in [6.45, 7) is 8.22. The molecule has 0 aromatic heterocycles. The summed E-state index contributed by atoms with van der Waals surface area (Å²) < 4.78 is 0. The third kappa shape index (κ3) is 2.34. The molecule has 4 fully saturated rings. The summed E-state index contributed by atoms with van der Waals surface area (Å²) in [7, 11) is 0. The highest BCUT2D eigenvalue weighted by Crippen LogP contribution is 2.32. The highest BCUT2D eigenvalue weighted by atomic mass is 15.3. The van der Waals surface area contributed by atoms with Crippen molar-refractivity contribution in [3.05, 3.63) is 0 Å². The van der Waals surface area contributed by atoms with Gasteiger partial charge in [-0.05, 0) is 64.7 Å². The first-order valence-corrected chi connectivity index (χ1v) is 8.64. The minimum atomic E-state index is 0.889. The lowest BCUT2D eigenvalue weighted by molar-refractivity contribution is 0.107. The van der Waals surface area contributed by atoms with E-state index in [0.717, 1.165) is 18.1 Å². The average molecular weight is 263 g/mol. The molecule has 3 atom stereocenters. The lowest BCUT2D eigenvalue weighted by Gasteiger charge is -2.38. The average Bonchev–Trinajstić information content (AvgIpc) is 3.01. The zero-order valence-electron chi connectivity index (χ0n) is 12.3. The van der Waals surface area contributed by atoms with Crippen molar-refractivity contribution in [2.45, 2.75) is 63.1 Å². The third-order valence-electron chi connectivity index (χ3n) is 6.12. The first-order chi connectivity index (χ1) is 9.42. The predicted octanol–water partition coefficient (Wildman–Crippen LogP) is 1.78. The Balaban J connectivity index is 1.46. The lowest BCUT2D eigenvalue weighted by Crippen LogP contribution is -2.49. The van der Waals surface area contributed by atoms with Gasteiger partial charge >= 0.3 is 0 Å². The number of nitrogens with zero attached hydrogens (tertiary/aromatic N) is 3. The van der Waals surface area contributed by atoms with Crippen LogP contribution in [-0.4, -0.2) is 72.1 Å². The van der Waals surface area contributed by atoms with Gasteiger partial charge in [-0.3, -0.25) is 14.7 Å². The molecule has 0 aromatic carbocycles. The minimum absolute atomic E-state index is 0.889. The van der Waals surface area contributed by atoms with Crippen LogP contribution in [0.4, 0.5) is 0 Å². The van der Waals surface area contributed by atoms with Gasteiger partial charge in [0.25, 0.3) is 0 Å². The summed E-state index contributed by atoms with van der Waals surface area (Å²) >= 11 is 0. The summed E-state index contributed by atoms with van der Waals surface area (Å²) in [4.78, 5) is 8.46. The van der Waals surface area contributed by atoms with Crippen LogP contribution in [-0.2, 0) is 0 Å². The molecule has 3 unspecified atom stereocenters. The van der Waals surface area contributed by atoms with Gasteiger partial charge in [-0.2, -0.15) is 0 Å². The van der Waals surface area contributed by atoms with Crippen molar-refractivity contribution < 1.29 is 0 Å². The Labute approximate surface area is 117 Å². The van der Waals surface area contributed by atoms with Gasteiger partial charge in [-0.15, -0.1) is 0 Å². The van der Waals surface area contributed by atoms with E-state index in [0.29, 0.717) is 0 Å². The summed E-state index contributed by atoms with van der Waals surface area (Å²) in [5, 5.41) is 0. The lowest BCUT2D eigenvalue weighted by atomic mass is 9.97. The number of hydrogen-bond acceptors (Lipinski definition) is 3. The molecule has 4 heterocycles. The molecule has 4 aliphatic rings. The van der Waals surface area contributed by atoms with E-state index in [4.69, 9.17) is 0 Å². The fourth-order valence-corrected chi connectivity index (χ4v) is 5.18. The Hall–Kier alpha value is -0.120. The molecule has 0 amide bonds. The van der Waals surface area contributed by atoms with Crippen molar-refractivity contribution in [1.82, 2.24) is 14.7 Å². The molecule has 4 saturated heterocycles. The quantitative estimate of drug-likeness (QED) is 0.714. The Morgan fingerprint density at radius 1 is 0.526 bits per heavy atom. The van der Waals surface area contributed by atoms with Crippen LogP contribution in [0.2, 0.25) is 0 Å². The molecule has 0 radical (unpaired) electrons. The number of rotatable bonds is 1. The van der Waals surface area contributed by atoms with E-state index in [9.17, 15) is 0 Å². The second kappa shape index (κ2) is 5.34. The van der Waals surface area contributed by atoms with Crippen LogP contribution in [0.15, 0.2) is 0 Å². The predicted molar refractivity (Wildman–Crippen MR) is 78.4 cm³/mol. The number of hydrogen-bond donors (Lipinski definition) is 0. The topological polar surface area (TPSA) is 9.72 Å². The maximum Gasteiger partial charge on any atom is 0.0264 e. The van der Waals surface area contributed by atoms with E-state index in [1.54, 1.807) is 0 Å². The molecule has 0 bridgehead atoms. The second-order valence-corrected chi connectivity index (χ2v) is 7.14. The van der Waals surface area contributed by atoms with Gasteiger partial charge in [0.15, 0.2) is 0 Å². The van der Waals surface area contributed by atoms with Crippen LogP contribution in [0.25, 0.3) is 0 Å². The molecule has 0 saturated carbocycles. The van der Waals surface area contributed by atoms with E-state index in [1.807, 2.05) is 0 Å². The van der Waals surface area contributed by atoms with Gasteiger partial charge in [0.05, 0.1) is 0 Å². The molecule has 4 aliphatic heterocycles. The van der Waals surface area contributed by atoms with Crippen molar-refractivity contribution in [1.29, 1.82) is 0 Å². The van der Waals surface area contributed by atoms with Crippen LogP contribution in [0.1, 0.15) is 44.9 Å². The fourth-order valence-electron chi connectivity index (χ4n) is 5.18. The van der Waals surface area contributed by atoms with Crippen LogP contribution < -0.4 is 0 Å². The SMILES string of the molecule is C1CCN2CCC(N3CCCN4CCCC4C3)C2C1. The molecule has 3 heteroatoms. The standard InChI is InChI=1S/C16H29N3/c1-2-8-18-12-7-16(15(18)6-1)19-11-4-10-17-9-3-5-14(17)13-19/h14-16H,1-13H2. The zero-order chi connectivity index (χ0) is 12.7. The molecular weight excluding hydrogens is 234 g/mol. The molecule has 0 aliphatic carbocycles. The molecular formula is C16H29N3. The van der Waals surface area contributed by atoms with Crippen LogP contribution >= 0.6 is 0 Å². The van der Waals surface area contributed by atoms with Gasteiger partial charge < -0.3 is 0 Å². The van der Waals surface area contributed by atoms with Crippen molar-refractivity contribution in [2.75, 3.05) is 39.3 Å². The molecule has 4 rings (SSSR count). The minimum Gasteiger partial charge on any atom is -0.299 e. The first kappa shape index (κ1) is 12.6. The highest BCUT2D eigenvalue weighted by Gasteiger charge is 2.40. The van der Waals surface area contributed by atoms with Crippen LogP contribution in [0.3, 0.4) is 0 Å². The van der Waals surface area contributed by atoms with Gasteiger partial charge in [0.2, 0.25) is 0 Å². The molecule has 108 valence electrons. The molecule has 0 aromatic rings. The van der Waals surface area contributed by atoms with Gasteiger partial charge in [-0.25, -0.2) is 0 Å². The summed E-state index contributed by atoms with van der Waals surface area (Å²) in [6, 6.07) is 2.68. The Morgan fingerprint density at radius 2 is 1.32 bits per heavy atom. The maximum atomic E-state index is 2.89. The van der Waals surface area contributed by atoms with Gasteiger partial charge in [0.1, 0.15) is 0 Å². The van der Waals surface area contributed by atoms with E-state index in [-0.39, 0.29) is 0 Å². The van der Waals surface area contributed by atoms with Crippen molar-refractivity contribution in [2.24, 2.45) is 0 Å². The third-order valence-corrected chi connectivity index (χ3v) is 6.12. The van der Waals surface area contributed by atoms with E-state index in [1.165, 1.54) is 84.2 Å². The van der Waals surface area contributed by atoms with Gasteiger partial charge in [-0.1, -0.05) is 6.42 Å². The van der Waals surface area contributed by atoms with Crippen LogP contribution in [0.5, 0.6) is 0 Å². The molecule has 3 nitrogen and oxygen atoms in total. The summed E-state index contributed by atoms with van der Waals surface area (Å²) in [5.41, 5.74) is 0. The smallest absolute Gasteiger partial charge is 0.0264 e. The molecule has 0 N–H and O–H groups in total. The largest absolute Gasteiger partial charge is 0.299 e. The second-order valence-electron chi connectivity index (χ2n) is 7.14. The van der Waals surface area contributed by atoms with Crippen LogP contribution in [0, 0.1) is 0 Å². The number of piperidine rings is 1. The Kier molecular flexibility index (Phi) is 3.55. The van der Waals surface area contributed by atoms with E-state index >= 15 is 0 Å². The monoisotopic (exact) mass is 263 g/mol. The fraction of sp³-hybridized carbons (Fsp3) is 1.00. The maximum absolute atomic E-state index is 2.89. The van der Waals surface area contributed by atoms with E-state index in [2.05, 4.69) is 14.7 Å². The van der Waals surface area contributed by atoms with Crippen molar-refractivity contribution in [3.8, 4) is 0 Å². The zero-order valence-corrected chi connectivity index (χ0v) is 12.3. The number of fused-ring (bicyclic) bond motifs is 2. The molecule has 19 heavy (non-hydrogen) atoms. The van der Waals surface area contributed by atoms with E-state index < -0.39 is 0 Å². The summed E-state index contributed by atoms with van der Waals surface area (Å²) in [5.74, 6) is 0.